The maximum Gasteiger partial charge on any atom is 0.139 e. The third-order valence-electron chi connectivity index (χ3n) is 7.07. The number of β-amino-alcohol motifs (C(OH)–C–C–N with tert-alkyl or cyclic N) is 1. The van der Waals surface area contributed by atoms with E-state index in [2.05, 4.69) is 70.5 Å². The summed E-state index contributed by atoms with van der Waals surface area (Å²) in [6.07, 6.45) is 8.36. The van der Waals surface area contributed by atoms with Gasteiger partial charge in [0.15, 0.2) is 0 Å². The molecule has 0 aliphatic carbocycles. The summed E-state index contributed by atoms with van der Waals surface area (Å²) in [6.45, 7) is 13.3. The molecule has 174 valence electrons. The lowest BCUT2D eigenvalue weighted by Gasteiger charge is -2.35. The number of H-pyrrole nitrogens is 1. The highest BCUT2D eigenvalue weighted by molar-refractivity contribution is 5.92. The third-order valence-corrected chi connectivity index (χ3v) is 7.07. The van der Waals surface area contributed by atoms with Crippen LogP contribution in [0.25, 0.3) is 27.8 Å². The molecule has 4 aromatic rings. The van der Waals surface area contributed by atoms with Crippen molar-refractivity contribution in [1.29, 1.82) is 0 Å². The quantitative estimate of drug-likeness (QED) is 0.405. The Bertz CT molecular complexity index is 1280. The van der Waals surface area contributed by atoms with Crippen molar-refractivity contribution in [3.8, 4) is 11.3 Å². The lowest BCUT2D eigenvalue weighted by Crippen LogP contribution is -2.42. The molecule has 5 rings (SSSR count). The topological polar surface area (TPSA) is 56.6 Å². The fourth-order valence-electron chi connectivity index (χ4n) is 5.63. The summed E-state index contributed by atoms with van der Waals surface area (Å²) < 4.78 is 2.12. The predicted octanol–water partition coefficient (Wildman–Crippen LogP) is 5.86. The predicted molar refractivity (Wildman–Crippen MR) is 136 cm³/mol. The van der Waals surface area contributed by atoms with Crippen LogP contribution in [-0.4, -0.2) is 49.6 Å². The van der Waals surface area contributed by atoms with Crippen molar-refractivity contribution in [3.05, 3.63) is 59.5 Å². The Labute approximate surface area is 196 Å². The molecule has 1 fully saturated rings. The Hall–Kier alpha value is -2.63. The van der Waals surface area contributed by atoms with E-state index in [1.807, 2.05) is 26.2 Å². The van der Waals surface area contributed by atoms with Crippen LogP contribution < -0.4 is 0 Å². The molecule has 1 aliphatic heterocycles. The maximum absolute atomic E-state index is 10.2. The number of pyridine rings is 1. The summed E-state index contributed by atoms with van der Waals surface area (Å²) in [5, 5.41) is 11.5. The molecule has 1 saturated heterocycles. The SMILES string of the molecule is Cc1cc(-c2[nH]c3ccc(C4CCN(CC(C)(C)O)CC4)cc3c2C(C)C)cn2ccnc12. The highest BCUT2D eigenvalue weighted by Crippen LogP contribution is 2.38. The number of fused-ring (bicyclic) bond motifs is 2. The van der Waals surface area contributed by atoms with E-state index >= 15 is 0 Å². The van der Waals surface area contributed by atoms with Crippen molar-refractivity contribution in [2.75, 3.05) is 19.6 Å². The molecule has 4 heterocycles. The first-order chi connectivity index (χ1) is 15.7. The van der Waals surface area contributed by atoms with Crippen LogP contribution in [-0.2, 0) is 0 Å². The first-order valence-electron chi connectivity index (χ1n) is 12.2. The van der Waals surface area contributed by atoms with Crippen molar-refractivity contribution in [3.63, 3.8) is 0 Å². The van der Waals surface area contributed by atoms with Gasteiger partial charge < -0.3 is 19.4 Å². The fourth-order valence-corrected chi connectivity index (χ4v) is 5.63. The number of benzene rings is 1. The molecule has 3 aromatic heterocycles. The van der Waals surface area contributed by atoms with Gasteiger partial charge in [-0.1, -0.05) is 19.9 Å². The molecule has 0 amide bonds. The van der Waals surface area contributed by atoms with Crippen LogP contribution in [0.5, 0.6) is 0 Å². The van der Waals surface area contributed by atoms with E-state index in [1.165, 1.54) is 38.9 Å². The molecule has 1 aromatic carbocycles. The number of hydrogen-bond donors (Lipinski definition) is 2. The first-order valence-corrected chi connectivity index (χ1v) is 12.2. The second-order valence-electron chi connectivity index (χ2n) is 10.8. The third kappa shape index (κ3) is 4.32. The van der Waals surface area contributed by atoms with Gasteiger partial charge in [-0.3, -0.25) is 0 Å². The van der Waals surface area contributed by atoms with E-state index < -0.39 is 5.60 Å². The zero-order valence-electron chi connectivity index (χ0n) is 20.5. The Balaban J connectivity index is 1.49. The molecule has 0 spiro atoms. The number of nitrogens with zero attached hydrogens (tertiary/aromatic N) is 3. The van der Waals surface area contributed by atoms with E-state index in [1.54, 1.807) is 0 Å². The molecule has 0 saturated carbocycles. The molecule has 0 atom stereocenters. The average Bonchev–Trinajstić information content (AvgIpc) is 3.37. The number of imidazole rings is 1. The van der Waals surface area contributed by atoms with Gasteiger partial charge in [0.1, 0.15) is 5.65 Å². The van der Waals surface area contributed by atoms with Gasteiger partial charge in [-0.2, -0.15) is 0 Å². The molecule has 1 aliphatic rings. The van der Waals surface area contributed by atoms with Crippen LogP contribution in [0, 0.1) is 6.92 Å². The van der Waals surface area contributed by atoms with E-state index in [0.717, 1.165) is 38.1 Å². The summed E-state index contributed by atoms with van der Waals surface area (Å²) in [7, 11) is 0. The van der Waals surface area contributed by atoms with Gasteiger partial charge in [0.05, 0.1) is 11.3 Å². The lowest BCUT2D eigenvalue weighted by molar-refractivity contribution is 0.0282. The molecule has 5 heteroatoms. The fraction of sp³-hybridized carbons (Fsp3) is 0.464. The molecular formula is C28H36N4O. The van der Waals surface area contributed by atoms with Gasteiger partial charge in [-0.05, 0) is 93.4 Å². The standard InChI is InChI=1S/C28H36N4O/c1-18(2)25-23-15-21(20-8-11-31(12-9-20)17-28(4,5)33)6-7-24(23)30-26(25)22-14-19(3)27-29-10-13-32(27)16-22/h6-7,10,13-16,18,20,30,33H,8-9,11-12,17H2,1-5H3. The van der Waals surface area contributed by atoms with Gasteiger partial charge in [0, 0.05) is 41.6 Å². The van der Waals surface area contributed by atoms with Gasteiger partial charge in [-0.25, -0.2) is 4.98 Å². The molecule has 0 bridgehead atoms. The largest absolute Gasteiger partial charge is 0.389 e. The number of aromatic nitrogens is 3. The summed E-state index contributed by atoms with van der Waals surface area (Å²) in [5.41, 5.74) is 8.04. The van der Waals surface area contributed by atoms with Crippen LogP contribution in [0.3, 0.4) is 0 Å². The summed E-state index contributed by atoms with van der Waals surface area (Å²) in [5.74, 6) is 0.992. The zero-order chi connectivity index (χ0) is 23.3. The number of nitrogens with one attached hydrogen (secondary N) is 1. The zero-order valence-corrected chi connectivity index (χ0v) is 20.5. The Kier molecular flexibility index (Phi) is 5.58. The van der Waals surface area contributed by atoms with Gasteiger partial charge >= 0.3 is 0 Å². The smallest absolute Gasteiger partial charge is 0.139 e. The molecule has 5 nitrogen and oxygen atoms in total. The lowest BCUT2D eigenvalue weighted by atomic mass is 9.87. The minimum atomic E-state index is -0.627. The Morgan fingerprint density at radius 3 is 2.64 bits per heavy atom. The van der Waals surface area contributed by atoms with E-state index in [0.29, 0.717) is 11.8 Å². The normalized spacial score (nSPS) is 16.5. The van der Waals surface area contributed by atoms with Gasteiger partial charge in [0.2, 0.25) is 0 Å². The number of aromatic amines is 1. The molecule has 0 unspecified atom stereocenters. The Morgan fingerprint density at radius 2 is 1.94 bits per heavy atom. The Morgan fingerprint density at radius 1 is 1.18 bits per heavy atom. The molecular weight excluding hydrogens is 408 g/mol. The van der Waals surface area contributed by atoms with Crippen molar-refractivity contribution in [2.24, 2.45) is 0 Å². The minimum absolute atomic E-state index is 0.413. The van der Waals surface area contributed by atoms with Crippen LogP contribution >= 0.6 is 0 Å². The van der Waals surface area contributed by atoms with Crippen LogP contribution in [0.1, 0.15) is 69.1 Å². The number of piperidine rings is 1. The highest BCUT2D eigenvalue weighted by Gasteiger charge is 2.26. The number of aliphatic hydroxyl groups is 1. The molecule has 2 N–H and O–H groups in total. The van der Waals surface area contributed by atoms with Gasteiger partial charge in [0.25, 0.3) is 0 Å². The van der Waals surface area contributed by atoms with E-state index in [-0.39, 0.29) is 0 Å². The summed E-state index contributed by atoms with van der Waals surface area (Å²) in [4.78, 5) is 10.6. The van der Waals surface area contributed by atoms with Crippen molar-refractivity contribution >= 4 is 16.6 Å². The van der Waals surface area contributed by atoms with Crippen molar-refractivity contribution in [1.82, 2.24) is 19.3 Å². The van der Waals surface area contributed by atoms with Crippen LogP contribution in [0.15, 0.2) is 42.9 Å². The highest BCUT2D eigenvalue weighted by atomic mass is 16.3. The second-order valence-corrected chi connectivity index (χ2v) is 10.8. The van der Waals surface area contributed by atoms with Crippen LogP contribution in [0.4, 0.5) is 0 Å². The second kappa shape index (κ2) is 8.30. The number of rotatable bonds is 5. The first kappa shape index (κ1) is 22.2. The van der Waals surface area contributed by atoms with E-state index in [9.17, 15) is 5.11 Å². The summed E-state index contributed by atoms with van der Waals surface area (Å²) >= 11 is 0. The number of hydrogen-bond acceptors (Lipinski definition) is 3. The van der Waals surface area contributed by atoms with Crippen LogP contribution in [0.2, 0.25) is 0 Å². The van der Waals surface area contributed by atoms with Crippen molar-refractivity contribution in [2.45, 2.75) is 64.9 Å². The average molecular weight is 445 g/mol. The van der Waals surface area contributed by atoms with E-state index in [4.69, 9.17) is 0 Å². The van der Waals surface area contributed by atoms with Crippen molar-refractivity contribution < 1.29 is 5.11 Å². The minimum Gasteiger partial charge on any atom is -0.389 e. The van der Waals surface area contributed by atoms with Gasteiger partial charge in [-0.15, -0.1) is 0 Å². The number of aryl methyl sites for hydroxylation is 1. The summed E-state index contributed by atoms with van der Waals surface area (Å²) in [6, 6.07) is 9.26. The molecule has 0 radical (unpaired) electrons. The molecule has 33 heavy (non-hydrogen) atoms. The monoisotopic (exact) mass is 444 g/mol. The number of likely N-dealkylation sites (tertiary alicyclic amines) is 1. The maximum atomic E-state index is 10.2.